The van der Waals surface area contributed by atoms with Crippen molar-refractivity contribution in [2.24, 2.45) is 0 Å². The van der Waals surface area contributed by atoms with Crippen LogP contribution in [0.4, 0.5) is 0 Å². The third-order valence-electron chi connectivity index (χ3n) is 7.54. The van der Waals surface area contributed by atoms with Crippen LogP contribution in [0, 0.1) is 0 Å². The molecule has 0 aliphatic carbocycles. The first-order valence-electron chi connectivity index (χ1n) is 14.1. The van der Waals surface area contributed by atoms with Gasteiger partial charge in [-0.05, 0) is 31.5 Å². The van der Waals surface area contributed by atoms with Gasteiger partial charge in [-0.1, -0.05) is 6.07 Å². The standard InChI is InChI=1S/C30H36O15/c1-13(2)42-18-5-4-14(6-17(18)32)16-9-22(33)43-19-7-15(39-3)8-20(23(16)19)44-29-27(37)30(38,12-41-29)11-40-28-26(36)25(35)24(34)21(10-31)45-28/h4-9,13,21,24-29,31-32,34-38H,10-12H2,1-3H3/t21-,24-,25+,26-,27+,28?,29?,30-/m0/s1. The lowest BCUT2D eigenvalue weighted by Crippen LogP contribution is -2.60. The van der Waals surface area contributed by atoms with E-state index in [2.05, 4.69) is 0 Å². The van der Waals surface area contributed by atoms with Crippen LogP contribution in [0.25, 0.3) is 22.1 Å². The fourth-order valence-corrected chi connectivity index (χ4v) is 5.16. The molecular formula is C30H36O15. The molecule has 0 spiro atoms. The van der Waals surface area contributed by atoms with E-state index in [1.165, 1.54) is 31.4 Å². The Morgan fingerprint density at radius 3 is 2.42 bits per heavy atom. The molecule has 2 aliphatic rings. The highest BCUT2D eigenvalue weighted by Gasteiger charge is 2.52. The predicted molar refractivity (Wildman–Crippen MR) is 153 cm³/mol. The summed E-state index contributed by atoms with van der Waals surface area (Å²) in [5, 5.41) is 72.7. The number of aromatic hydroxyl groups is 1. The first-order chi connectivity index (χ1) is 21.3. The molecule has 2 saturated heterocycles. The largest absolute Gasteiger partial charge is 0.504 e. The van der Waals surface area contributed by atoms with Gasteiger partial charge in [-0.3, -0.25) is 0 Å². The lowest BCUT2D eigenvalue weighted by molar-refractivity contribution is -0.310. The van der Waals surface area contributed by atoms with Gasteiger partial charge in [0.2, 0.25) is 6.29 Å². The first-order valence-corrected chi connectivity index (χ1v) is 14.1. The number of benzene rings is 2. The fraction of sp³-hybridized carbons (Fsp3) is 0.500. The molecule has 1 aromatic heterocycles. The molecule has 0 saturated carbocycles. The summed E-state index contributed by atoms with van der Waals surface area (Å²) in [6, 6.07) is 8.72. The highest BCUT2D eigenvalue weighted by Crippen LogP contribution is 2.41. The van der Waals surface area contributed by atoms with Crippen molar-refractivity contribution in [1.82, 2.24) is 0 Å². The van der Waals surface area contributed by atoms with Crippen molar-refractivity contribution in [3.8, 4) is 34.1 Å². The Bertz CT molecular complexity index is 1550. The van der Waals surface area contributed by atoms with Crippen molar-refractivity contribution in [3.05, 3.63) is 46.8 Å². The average Bonchev–Trinajstić information content (AvgIpc) is 3.28. The maximum Gasteiger partial charge on any atom is 0.336 e. The predicted octanol–water partition coefficient (Wildman–Crippen LogP) is -0.395. The van der Waals surface area contributed by atoms with Gasteiger partial charge in [-0.15, -0.1) is 0 Å². The van der Waals surface area contributed by atoms with Crippen molar-refractivity contribution in [2.45, 2.75) is 68.7 Å². The summed E-state index contributed by atoms with van der Waals surface area (Å²) in [6.45, 7) is 1.78. The second-order valence-corrected chi connectivity index (χ2v) is 11.2. The summed E-state index contributed by atoms with van der Waals surface area (Å²) in [7, 11) is 1.38. The van der Waals surface area contributed by atoms with Gasteiger partial charge in [0.1, 0.15) is 53.2 Å². The molecule has 0 bridgehead atoms. The number of aliphatic hydroxyl groups excluding tert-OH is 5. The molecule has 8 atom stereocenters. The number of hydrogen-bond acceptors (Lipinski definition) is 15. The molecule has 246 valence electrons. The molecule has 2 fully saturated rings. The highest BCUT2D eigenvalue weighted by atomic mass is 16.7. The Kier molecular flexibility index (Phi) is 9.55. The minimum Gasteiger partial charge on any atom is -0.504 e. The summed E-state index contributed by atoms with van der Waals surface area (Å²) in [5.41, 5.74) is -2.02. The van der Waals surface area contributed by atoms with E-state index in [1.54, 1.807) is 12.1 Å². The van der Waals surface area contributed by atoms with Crippen LogP contribution in [0.2, 0.25) is 0 Å². The normalized spacial score (nSPS) is 30.1. The molecule has 2 aromatic carbocycles. The van der Waals surface area contributed by atoms with Crippen molar-refractivity contribution < 1.29 is 68.6 Å². The number of phenolic OH excluding ortho intramolecular Hbond substituents is 1. The van der Waals surface area contributed by atoms with Crippen molar-refractivity contribution in [1.29, 1.82) is 0 Å². The minimum atomic E-state index is -2.09. The number of fused-ring (bicyclic) bond motifs is 1. The van der Waals surface area contributed by atoms with Gasteiger partial charge < -0.3 is 68.6 Å². The average molecular weight is 637 g/mol. The van der Waals surface area contributed by atoms with Gasteiger partial charge in [-0.25, -0.2) is 4.79 Å². The Balaban J connectivity index is 1.42. The van der Waals surface area contributed by atoms with Crippen LogP contribution in [0.1, 0.15) is 13.8 Å². The van der Waals surface area contributed by atoms with Crippen LogP contribution in [0.15, 0.2) is 45.6 Å². The number of hydrogen-bond donors (Lipinski definition) is 7. The lowest BCUT2D eigenvalue weighted by atomic mass is 9.98. The minimum absolute atomic E-state index is 0.0354. The smallest absolute Gasteiger partial charge is 0.336 e. The highest BCUT2D eigenvalue weighted by molar-refractivity contribution is 5.99. The van der Waals surface area contributed by atoms with E-state index in [0.29, 0.717) is 11.1 Å². The zero-order valence-corrected chi connectivity index (χ0v) is 24.6. The van der Waals surface area contributed by atoms with Gasteiger partial charge in [0, 0.05) is 23.8 Å². The number of methoxy groups -OCH3 is 1. The van der Waals surface area contributed by atoms with Crippen LogP contribution < -0.4 is 19.8 Å². The molecular weight excluding hydrogens is 600 g/mol. The summed E-state index contributed by atoms with van der Waals surface area (Å²) in [5.74, 6) is 0.340. The maximum absolute atomic E-state index is 12.6. The molecule has 0 amide bonds. The zero-order valence-electron chi connectivity index (χ0n) is 24.6. The van der Waals surface area contributed by atoms with Crippen molar-refractivity contribution in [2.75, 3.05) is 26.9 Å². The van der Waals surface area contributed by atoms with E-state index < -0.39 is 74.1 Å². The molecule has 7 N–H and O–H groups in total. The maximum atomic E-state index is 12.6. The number of rotatable bonds is 10. The molecule has 3 aromatic rings. The lowest BCUT2D eigenvalue weighted by Gasteiger charge is -2.40. The fourth-order valence-electron chi connectivity index (χ4n) is 5.16. The Morgan fingerprint density at radius 2 is 1.76 bits per heavy atom. The molecule has 5 rings (SSSR count). The second kappa shape index (κ2) is 13.1. The third kappa shape index (κ3) is 6.58. The van der Waals surface area contributed by atoms with Crippen molar-refractivity contribution >= 4 is 11.0 Å². The molecule has 15 nitrogen and oxygen atoms in total. The van der Waals surface area contributed by atoms with E-state index in [-0.39, 0.29) is 40.1 Å². The van der Waals surface area contributed by atoms with Gasteiger partial charge in [0.25, 0.3) is 0 Å². The van der Waals surface area contributed by atoms with Gasteiger partial charge in [0.05, 0.1) is 38.4 Å². The van der Waals surface area contributed by atoms with Gasteiger partial charge in [-0.2, -0.15) is 0 Å². The van der Waals surface area contributed by atoms with E-state index in [1.807, 2.05) is 13.8 Å². The number of ether oxygens (including phenoxy) is 6. The van der Waals surface area contributed by atoms with E-state index in [4.69, 9.17) is 32.8 Å². The monoisotopic (exact) mass is 636 g/mol. The van der Waals surface area contributed by atoms with Gasteiger partial charge >= 0.3 is 5.63 Å². The second-order valence-electron chi connectivity index (χ2n) is 11.2. The SMILES string of the molecule is COc1cc(OC2OC[C@@](O)(COC3O[C@@H](CO)[C@H](O)[C@@H](O)[C@@H]3O)[C@@H]2O)c2c(-c3ccc(OC(C)C)c(O)c3)cc(=O)oc2c1. The van der Waals surface area contributed by atoms with Crippen molar-refractivity contribution in [3.63, 3.8) is 0 Å². The third-order valence-corrected chi connectivity index (χ3v) is 7.54. The quantitative estimate of drug-likeness (QED) is 0.141. The Hall–Kier alpha value is -3.51. The van der Waals surface area contributed by atoms with Gasteiger partial charge in [0.15, 0.2) is 17.8 Å². The van der Waals surface area contributed by atoms with Crippen LogP contribution >= 0.6 is 0 Å². The summed E-state index contributed by atoms with van der Waals surface area (Å²) in [4.78, 5) is 12.6. The molecule has 3 heterocycles. The van der Waals surface area contributed by atoms with E-state index in [9.17, 15) is 40.5 Å². The molecule has 0 radical (unpaired) electrons. The summed E-state index contributed by atoms with van der Waals surface area (Å²) >= 11 is 0. The molecule has 15 heteroatoms. The first kappa shape index (κ1) is 32.9. The zero-order chi connectivity index (χ0) is 32.6. The molecule has 45 heavy (non-hydrogen) atoms. The Labute approximate surface area is 256 Å². The number of phenols is 1. The van der Waals surface area contributed by atoms with Crippen LogP contribution in [-0.4, -0.2) is 117 Å². The van der Waals surface area contributed by atoms with Crippen LogP contribution in [-0.2, 0) is 14.2 Å². The Morgan fingerprint density at radius 1 is 1.00 bits per heavy atom. The van der Waals surface area contributed by atoms with Crippen LogP contribution in [0.5, 0.6) is 23.0 Å². The molecule has 2 aliphatic heterocycles. The number of aliphatic hydroxyl groups is 6. The summed E-state index contributed by atoms with van der Waals surface area (Å²) in [6.07, 6.45) is -11.2. The topological polar surface area (TPSA) is 227 Å². The molecule has 2 unspecified atom stereocenters. The van der Waals surface area contributed by atoms with E-state index >= 15 is 0 Å². The summed E-state index contributed by atoms with van der Waals surface area (Å²) < 4.78 is 38.7. The van der Waals surface area contributed by atoms with Crippen LogP contribution in [0.3, 0.4) is 0 Å². The van der Waals surface area contributed by atoms with E-state index in [0.717, 1.165) is 0 Å².